The summed E-state index contributed by atoms with van der Waals surface area (Å²) in [6.45, 7) is 4.00. The number of carbonyl (C=O) groups is 1. The van der Waals surface area contributed by atoms with Gasteiger partial charge in [-0.3, -0.25) is 0 Å². The molecule has 22 heavy (non-hydrogen) atoms. The van der Waals surface area contributed by atoms with Gasteiger partial charge in [0.05, 0.1) is 5.56 Å². The van der Waals surface area contributed by atoms with Crippen molar-refractivity contribution >= 4 is 23.5 Å². The molecule has 0 radical (unpaired) electrons. The standard InChI is InChI=1S/C16H19N3O2S/c1-10-11(2)17-16(18-14(10)19(3)4)22-9-12-5-7-13(8-6-12)15(20)21/h5-8H,9H2,1-4H3,(H,20,21). The molecule has 1 heterocycles. The Kier molecular flexibility index (Phi) is 5.03. The second-order valence-electron chi connectivity index (χ2n) is 5.23. The van der Waals surface area contributed by atoms with E-state index < -0.39 is 5.97 Å². The minimum Gasteiger partial charge on any atom is -0.478 e. The Bertz CT molecular complexity index is 685. The lowest BCUT2D eigenvalue weighted by molar-refractivity contribution is 0.0697. The van der Waals surface area contributed by atoms with Crippen molar-refractivity contribution in [3.05, 3.63) is 46.6 Å². The van der Waals surface area contributed by atoms with Gasteiger partial charge in [-0.15, -0.1) is 0 Å². The highest BCUT2D eigenvalue weighted by Crippen LogP contribution is 2.25. The lowest BCUT2D eigenvalue weighted by atomic mass is 10.1. The topological polar surface area (TPSA) is 66.3 Å². The minimum absolute atomic E-state index is 0.297. The molecule has 2 rings (SSSR count). The van der Waals surface area contributed by atoms with E-state index >= 15 is 0 Å². The van der Waals surface area contributed by atoms with E-state index in [4.69, 9.17) is 5.11 Å². The van der Waals surface area contributed by atoms with Gasteiger partial charge in [-0.1, -0.05) is 23.9 Å². The summed E-state index contributed by atoms with van der Waals surface area (Å²) in [6.07, 6.45) is 0. The Morgan fingerprint density at radius 3 is 2.36 bits per heavy atom. The summed E-state index contributed by atoms with van der Waals surface area (Å²) in [5.74, 6) is 0.721. The molecule has 0 aliphatic rings. The van der Waals surface area contributed by atoms with Gasteiger partial charge >= 0.3 is 5.97 Å². The molecule has 0 unspecified atom stereocenters. The van der Waals surface area contributed by atoms with Crippen LogP contribution in [0.3, 0.4) is 0 Å². The number of carboxylic acid groups (broad SMARTS) is 1. The quantitative estimate of drug-likeness (QED) is 0.675. The maximum absolute atomic E-state index is 10.8. The molecular weight excluding hydrogens is 298 g/mol. The monoisotopic (exact) mass is 317 g/mol. The number of anilines is 1. The average molecular weight is 317 g/mol. The summed E-state index contributed by atoms with van der Waals surface area (Å²) in [6, 6.07) is 6.88. The number of aromatic nitrogens is 2. The van der Waals surface area contributed by atoms with Crippen molar-refractivity contribution in [2.75, 3.05) is 19.0 Å². The number of thioether (sulfide) groups is 1. The van der Waals surface area contributed by atoms with Crippen LogP contribution in [-0.2, 0) is 5.75 Å². The lowest BCUT2D eigenvalue weighted by Crippen LogP contribution is -2.14. The summed E-state index contributed by atoms with van der Waals surface area (Å²) in [7, 11) is 3.93. The molecule has 1 aromatic heterocycles. The van der Waals surface area contributed by atoms with Crippen LogP contribution in [0.4, 0.5) is 5.82 Å². The van der Waals surface area contributed by atoms with Crippen LogP contribution in [0.15, 0.2) is 29.4 Å². The fourth-order valence-electron chi connectivity index (χ4n) is 1.98. The minimum atomic E-state index is -0.910. The van der Waals surface area contributed by atoms with Gasteiger partial charge in [0.15, 0.2) is 5.16 Å². The van der Waals surface area contributed by atoms with Crippen molar-refractivity contribution in [1.82, 2.24) is 9.97 Å². The number of hydrogen-bond acceptors (Lipinski definition) is 5. The number of carboxylic acids is 1. The molecule has 0 bridgehead atoms. The predicted octanol–water partition coefficient (Wildman–Crippen LogP) is 3.15. The second kappa shape index (κ2) is 6.79. The van der Waals surface area contributed by atoms with Crippen molar-refractivity contribution in [2.45, 2.75) is 24.8 Å². The van der Waals surface area contributed by atoms with Crippen LogP contribution in [0.5, 0.6) is 0 Å². The zero-order chi connectivity index (χ0) is 16.3. The number of rotatable bonds is 5. The Balaban J connectivity index is 2.13. The highest BCUT2D eigenvalue weighted by atomic mass is 32.2. The van der Waals surface area contributed by atoms with Gasteiger partial charge in [-0.05, 0) is 31.5 Å². The van der Waals surface area contributed by atoms with Gasteiger partial charge in [0, 0.05) is 31.1 Å². The van der Waals surface area contributed by atoms with Crippen molar-refractivity contribution in [2.24, 2.45) is 0 Å². The van der Waals surface area contributed by atoms with Crippen molar-refractivity contribution < 1.29 is 9.90 Å². The van der Waals surface area contributed by atoms with Crippen molar-refractivity contribution in [3.63, 3.8) is 0 Å². The van der Waals surface area contributed by atoms with E-state index in [0.29, 0.717) is 11.3 Å². The second-order valence-corrected chi connectivity index (χ2v) is 6.17. The molecular formula is C16H19N3O2S. The van der Waals surface area contributed by atoms with Gasteiger partial charge in [-0.2, -0.15) is 0 Å². The van der Waals surface area contributed by atoms with Crippen LogP contribution in [0, 0.1) is 13.8 Å². The fourth-order valence-corrected chi connectivity index (χ4v) is 2.82. The van der Waals surface area contributed by atoms with Crippen LogP contribution in [0.1, 0.15) is 27.2 Å². The van der Waals surface area contributed by atoms with Gasteiger partial charge in [0.25, 0.3) is 0 Å². The Morgan fingerprint density at radius 2 is 1.82 bits per heavy atom. The Labute approximate surface area is 134 Å². The van der Waals surface area contributed by atoms with Crippen LogP contribution in [-0.4, -0.2) is 35.1 Å². The number of benzene rings is 1. The highest BCUT2D eigenvalue weighted by molar-refractivity contribution is 7.98. The summed E-state index contributed by atoms with van der Waals surface area (Å²) >= 11 is 1.55. The van der Waals surface area contributed by atoms with Crippen molar-refractivity contribution in [1.29, 1.82) is 0 Å². The Morgan fingerprint density at radius 1 is 1.18 bits per heavy atom. The smallest absolute Gasteiger partial charge is 0.335 e. The number of aromatic carboxylic acids is 1. The van der Waals surface area contributed by atoms with E-state index in [2.05, 4.69) is 9.97 Å². The molecule has 1 N–H and O–H groups in total. The molecule has 0 amide bonds. The predicted molar refractivity (Wildman–Crippen MR) is 88.8 cm³/mol. The Hall–Kier alpha value is -2.08. The largest absolute Gasteiger partial charge is 0.478 e. The SMILES string of the molecule is Cc1nc(SCc2ccc(C(=O)O)cc2)nc(N(C)C)c1C. The van der Waals surface area contributed by atoms with Crippen LogP contribution >= 0.6 is 11.8 Å². The fraction of sp³-hybridized carbons (Fsp3) is 0.312. The third kappa shape index (κ3) is 3.76. The van der Waals surface area contributed by atoms with Crippen LogP contribution in [0.2, 0.25) is 0 Å². The number of aryl methyl sites for hydroxylation is 1. The van der Waals surface area contributed by atoms with Gasteiger partial charge in [-0.25, -0.2) is 14.8 Å². The first kappa shape index (κ1) is 16.3. The maximum atomic E-state index is 10.8. The van der Waals surface area contributed by atoms with E-state index in [1.807, 2.05) is 45.0 Å². The molecule has 2 aromatic rings. The molecule has 1 aromatic carbocycles. The third-order valence-corrected chi connectivity index (χ3v) is 4.25. The van der Waals surface area contributed by atoms with E-state index in [1.54, 1.807) is 23.9 Å². The molecule has 0 saturated carbocycles. The average Bonchev–Trinajstić information content (AvgIpc) is 2.48. The summed E-state index contributed by atoms with van der Waals surface area (Å²) in [4.78, 5) is 21.9. The lowest BCUT2D eigenvalue weighted by Gasteiger charge is -2.16. The van der Waals surface area contributed by atoms with Gasteiger partial charge < -0.3 is 10.0 Å². The molecule has 6 heteroatoms. The van der Waals surface area contributed by atoms with Gasteiger partial charge in [0.1, 0.15) is 5.82 Å². The molecule has 0 aliphatic heterocycles. The summed E-state index contributed by atoms with van der Waals surface area (Å²) in [5.41, 5.74) is 3.40. The van der Waals surface area contributed by atoms with E-state index in [1.165, 1.54) is 0 Å². The van der Waals surface area contributed by atoms with Gasteiger partial charge in [0.2, 0.25) is 0 Å². The first-order valence-electron chi connectivity index (χ1n) is 6.86. The maximum Gasteiger partial charge on any atom is 0.335 e. The van der Waals surface area contributed by atoms with E-state index in [0.717, 1.165) is 27.8 Å². The molecule has 116 valence electrons. The zero-order valence-electron chi connectivity index (χ0n) is 13.1. The molecule has 0 fully saturated rings. The molecule has 0 aliphatic carbocycles. The van der Waals surface area contributed by atoms with Crippen LogP contribution in [0.25, 0.3) is 0 Å². The number of hydrogen-bond donors (Lipinski definition) is 1. The molecule has 5 nitrogen and oxygen atoms in total. The van der Waals surface area contributed by atoms with Crippen LogP contribution < -0.4 is 4.90 Å². The van der Waals surface area contributed by atoms with E-state index in [-0.39, 0.29) is 0 Å². The van der Waals surface area contributed by atoms with Crippen molar-refractivity contribution in [3.8, 4) is 0 Å². The first-order chi connectivity index (χ1) is 10.4. The summed E-state index contributed by atoms with van der Waals surface area (Å²) < 4.78 is 0. The molecule has 0 spiro atoms. The molecule has 0 saturated heterocycles. The highest BCUT2D eigenvalue weighted by Gasteiger charge is 2.10. The number of nitrogens with zero attached hydrogens (tertiary/aromatic N) is 3. The van der Waals surface area contributed by atoms with E-state index in [9.17, 15) is 4.79 Å². The first-order valence-corrected chi connectivity index (χ1v) is 7.84. The summed E-state index contributed by atoms with van der Waals surface area (Å²) in [5, 5.41) is 9.62. The zero-order valence-corrected chi connectivity index (χ0v) is 13.9. The normalized spacial score (nSPS) is 10.5. The molecule has 0 atom stereocenters. The third-order valence-electron chi connectivity index (χ3n) is 3.34.